The van der Waals surface area contributed by atoms with E-state index in [1.165, 1.54) is 18.4 Å². The third-order valence-electron chi connectivity index (χ3n) is 4.19. The number of hydrazone groups is 1. The number of amides is 2. The molecule has 0 bridgehead atoms. The van der Waals surface area contributed by atoms with E-state index in [9.17, 15) is 19.8 Å². The Labute approximate surface area is 200 Å². The standard InChI is InChI=1S/C23H17Br2N3O4/c24-17-10-16(21(30)18(25)12-17)13-26-28-23(32)19(11-15-8-4-5-9-20(15)29)27-22(31)14-6-2-1-3-7-14/h1-13,29-30H,(H,27,31)(H,28,32). The summed E-state index contributed by atoms with van der Waals surface area (Å²) in [4.78, 5) is 25.3. The smallest absolute Gasteiger partial charge is 0.287 e. The number of halogens is 2. The molecule has 0 aromatic heterocycles. The Morgan fingerprint density at radius 3 is 2.31 bits per heavy atom. The fourth-order valence-corrected chi connectivity index (χ4v) is 3.87. The fraction of sp³-hybridized carbons (Fsp3) is 0. The summed E-state index contributed by atoms with van der Waals surface area (Å²) in [5, 5.41) is 26.6. The van der Waals surface area contributed by atoms with Crippen molar-refractivity contribution in [2.75, 3.05) is 0 Å². The summed E-state index contributed by atoms with van der Waals surface area (Å²) >= 11 is 6.54. The molecule has 3 rings (SSSR count). The highest BCUT2D eigenvalue weighted by atomic mass is 79.9. The number of nitrogens with zero attached hydrogens (tertiary/aromatic N) is 1. The molecule has 0 saturated heterocycles. The molecule has 2 amide bonds. The molecule has 3 aromatic carbocycles. The minimum Gasteiger partial charge on any atom is -0.507 e. The zero-order valence-corrected chi connectivity index (χ0v) is 19.6. The first-order chi connectivity index (χ1) is 15.3. The number of carbonyl (C=O) groups excluding carboxylic acids is 2. The van der Waals surface area contributed by atoms with Crippen molar-refractivity contribution in [3.05, 3.63) is 98.1 Å². The molecule has 0 aliphatic heterocycles. The molecule has 9 heteroatoms. The molecule has 0 spiro atoms. The highest BCUT2D eigenvalue weighted by molar-refractivity contribution is 9.11. The summed E-state index contributed by atoms with van der Waals surface area (Å²) in [7, 11) is 0. The summed E-state index contributed by atoms with van der Waals surface area (Å²) < 4.78 is 1.15. The Hall–Kier alpha value is -3.43. The zero-order valence-electron chi connectivity index (χ0n) is 16.4. The van der Waals surface area contributed by atoms with Crippen LogP contribution in [0.15, 0.2) is 86.5 Å². The summed E-state index contributed by atoms with van der Waals surface area (Å²) in [6.07, 6.45) is 2.60. The molecule has 32 heavy (non-hydrogen) atoms. The number of nitrogens with one attached hydrogen (secondary N) is 2. The molecule has 0 radical (unpaired) electrons. The van der Waals surface area contributed by atoms with Crippen molar-refractivity contribution in [1.82, 2.24) is 10.7 Å². The molecule has 0 saturated carbocycles. The van der Waals surface area contributed by atoms with Crippen LogP contribution < -0.4 is 10.7 Å². The predicted molar refractivity (Wildman–Crippen MR) is 129 cm³/mol. The van der Waals surface area contributed by atoms with Crippen LogP contribution in [0.5, 0.6) is 11.5 Å². The van der Waals surface area contributed by atoms with E-state index in [4.69, 9.17) is 0 Å². The largest absolute Gasteiger partial charge is 0.507 e. The normalized spacial score (nSPS) is 11.4. The Kier molecular flexibility index (Phi) is 7.80. The predicted octanol–water partition coefficient (Wildman–Crippen LogP) is 4.54. The summed E-state index contributed by atoms with van der Waals surface area (Å²) in [5.41, 5.74) is 3.24. The van der Waals surface area contributed by atoms with Gasteiger partial charge in [-0.15, -0.1) is 0 Å². The van der Waals surface area contributed by atoms with Gasteiger partial charge in [0.25, 0.3) is 11.8 Å². The lowest BCUT2D eigenvalue weighted by Crippen LogP contribution is -2.32. The molecule has 0 unspecified atom stereocenters. The Morgan fingerprint density at radius 2 is 1.59 bits per heavy atom. The maximum Gasteiger partial charge on any atom is 0.287 e. The van der Waals surface area contributed by atoms with E-state index in [0.717, 1.165) is 0 Å². The minimum absolute atomic E-state index is 0.0476. The second-order valence-electron chi connectivity index (χ2n) is 6.46. The van der Waals surface area contributed by atoms with Gasteiger partial charge in [0, 0.05) is 21.2 Å². The van der Waals surface area contributed by atoms with Crippen molar-refractivity contribution in [1.29, 1.82) is 0 Å². The third kappa shape index (κ3) is 6.05. The number of para-hydroxylation sites is 1. The Morgan fingerprint density at radius 1 is 0.906 bits per heavy atom. The van der Waals surface area contributed by atoms with Gasteiger partial charge in [-0.05, 0) is 52.3 Å². The molecule has 7 nitrogen and oxygen atoms in total. The lowest BCUT2D eigenvalue weighted by Gasteiger charge is -2.10. The molecular formula is C23H17Br2N3O4. The van der Waals surface area contributed by atoms with Crippen LogP contribution in [-0.2, 0) is 4.79 Å². The van der Waals surface area contributed by atoms with Gasteiger partial charge in [0.1, 0.15) is 17.2 Å². The number of hydrogen-bond acceptors (Lipinski definition) is 5. The van der Waals surface area contributed by atoms with Crippen molar-refractivity contribution in [2.24, 2.45) is 5.10 Å². The number of phenols is 2. The van der Waals surface area contributed by atoms with Gasteiger partial charge in [-0.25, -0.2) is 5.43 Å². The summed E-state index contributed by atoms with van der Waals surface area (Å²) in [6.45, 7) is 0. The number of phenolic OH excluding ortho intramolecular Hbond substituents is 2. The molecule has 0 atom stereocenters. The van der Waals surface area contributed by atoms with Crippen LogP contribution in [0.2, 0.25) is 0 Å². The van der Waals surface area contributed by atoms with Crippen LogP contribution in [0.1, 0.15) is 21.5 Å². The van der Waals surface area contributed by atoms with Gasteiger partial charge in [-0.2, -0.15) is 5.10 Å². The fourth-order valence-electron chi connectivity index (χ4n) is 2.61. The van der Waals surface area contributed by atoms with E-state index < -0.39 is 11.8 Å². The van der Waals surface area contributed by atoms with Gasteiger partial charge in [-0.3, -0.25) is 9.59 Å². The third-order valence-corrected chi connectivity index (χ3v) is 5.26. The van der Waals surface area contributed by atoms with Crippen molar-refractivity contribution in [3.63, 3.8) is 0 Å². The van der Waals surface area contributed by atoms with Gasteiger partial charge in [0.2, 0.25) is 0 Å². The number of hydrogen-bond donors (Lipinski definition) is 4. The SMILES string of the molecule is O=C(NN=Cc1cc(Br)cc(Br)c1O)C(=Cc1ccccc1O)NC(=O)c1ccccc1. The molecule has 0 aliphatic carbocycles. The van der Waals surface area contributed by atoms with Crippen LogP contribution in [0.25, 0.3) is 6.08 Å². The van der Waals surface area contributed by atoms with E-state index in [1.54, 1.807) is 60.7 Å². The number of carbonyl (C=O) groups is 2. The van der Waals surface area contributed by atoms with E-state index in [-0.39, 0.29) is 17.2 Å². The number of aromatic hydroxyl groups is 2. The Balaban J connectivity index is 1.85. The first-order valence-electron chi connectivity index (χ1n) is 9.22. The van der Waals surface area contributed by atoms with E-state index in [1.807, 2.05) is 0 Å². The van der Waals surface area contributed by atoms with Gasteiger partial charge < -0.3 is 15.5 Å². The Bertz CT molecular complexity index is 1210. The minimum atomic E-state index is -0.720. The zero-order chi connectivity index (χ0) is 23.1. The quantitative estimate of drug-likeness (QED) is 0.202. The van der Waals surface area contributed by atoms with Crippen LogP contribution in [0, 0.1) is 0 Å². The monoisotopic (exact) mass is 557 g/mol. The second-order valence-corrected chi connectivity index (χ2v) is 8.23. The van der Waals surface area contributed by atoms with Gasteiger partial charge in [-0.1, -0.05) is 52.3 Å². The molecule has 4 N–H and O–H groups in total. The van der Waals surface area contributed by atoms with Crippen LogP contribution in [0.4, 0.5) is 0 Å². The maximum absolute atomic E-state index is 12.8. The lowest BCUT2D eigenvalue weighted by atomic mass is 10.1. The van der Waals surface area contributed by atoms with Gasteiger partial charge in [0.05, 0.1) is 10.7 Å². The highest BCUT2D eigenvalue weighted by Crippen LogP contribution is 2.30. The molecule has 3 aromatic rings. The molecule has 162 valence electrons. The van der Waals surface area contributed by atoms with Crippen LogP contribution in [0.3, 0.4) is 0 Å². The topological polar surface area (TPSA) is 111 Å². The van der Waals surface area contributed by atoms with Crippen LogP contribution >= 0.6 is 31.9 Å². The molecule has 0 heterocycles. The lowest BCUT2D eigenvalue weighted by molar-refractivity contribution is -0.117. The van der Waals surface area contributed by atoms with Crippen LogP contribution in [-0.4, -0.2) is 28.2 Å². The van der Waals surface area contributed by atoms with Gasteiger partial charge >= 0.3 is 0 Å². The van der Waals surface area contributed by atoms with Crippen molar-refractivity contribution < 1.29 is 19.8 Å². The number of benzene rings is 3. The van der Waals surface area contributed by atoms with Gasteiger partial charge in [0.15, 0.2) is 0 Å². The molecule has 0 fully saturated rings. The maximum atomic E-state index is 12.8. The average Bonchev–Trinajstić information content (AvgIpc) is 2.78. The summed E-state index contributed by atoms with van der Waals surface area (Å²) in [5.74, 6) is -1.32. The van der Waals surface area contributed by atoms with Crippen molar-refractivity contribution in [3.8, 4) is 11.5 Å². The van der Waals surface area contributed by atoms with E-state index in [0.29, 0.717) is 25.6 Å². The second kappa shape index (κ2) is 10.7. The van der Waals surface area contributed by atoms with Crippen molar-refractivity contribution >= 4 is 56.0 Å². The highest BCUT2D eigenvalue weighted by Gasteiger charge is 2.15. The van der Waals surface area contributed by atoms with Crippen molar-refractivity contribution in [2.45, 2.75) is 0 Å². The summed E-state index contributed by atoms with van der Waals surface area (Å²) in [6, 6.07) is 18.1. The molecule has 0 aliphatic rings. The first-order valence-corrected chi connectivity index (χ1v) is 10.8. The number of rotatable bonds is 6. The average molecular weight is 559 g/mol. The molecular weight excluding hydrogens is 542 g/mol. The van der Waals surface area contributed by atoms with E-state index >= 15 is 0 Å². The van der Waals surface area contributed by atoms with E-state index in [2.05, 4.69) is 47.7 Å². The first kappa shape index (κ1) is 23.2.